The van der Waals surface area contributed by atoms with Gasteiger partial charge in [-0.05, 0) is 27.0 Å². The SMILES string of the molecule is CNC(C)CNC(=O)c1cc(-c2ccccc2)nc2c1c(C)nn2C. The molecule has 2 N–H and O–H groups in total. The van der Waals surface area contributed by atoms with E-state index in [-0.39, 0.29) is 11.9 Å². The molecule has 0 radical (unpaired) electrons. The summed E-state index contributed by atoms with van der Waals surface area (Å²) in [5.41, 5.74) is 3.86. The first-order valence-electron chi connectivity index (χ1n) is 8.36. The summed E-state index contributed by atoms with van der Waals surface area (Å²) in [6, 6.07) is 11.9. The van der Waals surface area contributed by atoms with Crippen molar-refractivity contribution in [1.29, 1.82) is 0 Å². The summed E-state index contributed by atoms with van der Waals surface area (Å²) in [6.07, 6.45) is 0. The molecule has 0 fully saturated rings. The number of carbonyl (C=O) groups is 1. The van der Waals surface area contributed by atoms with Gasteiger partial charge in [0.1, 0.15) is 0 Å². The van der Waals surface area contributed by atoms with E-state index in [4.69, 9.17) is 4.98 Å². The van der Waals surface area contributed by atoms with Gasteiger partial charge in [-0.1, -0.05) is 30.3 Å². The van der Waals surface area contributed by atoms with Gasteiger partial charge in [0.15, 0.2) is 5.65 Å². The lowest BCUT2D eigenvalue weighted by molar-refractivity contribution is 0.0952. The van der Waals surface area contributed by atoms with Gasteiger partial charge in [-0.3, -0.25) is 9.48 Å². The molecular formula is C19H23N5O. The van der Waals surface area contributed by atoms with E-state index in [9.17, 15) is 4.79 Å². The van der Waals surface area contributed by atoms with Crippen molar-refractivity contribution in [2.75, 3.05) is 13.6 Å². The van der Waals surface area contributed by atoms with Gasteiger partial charge in [-0.25, -0.2) is 4.98 Å². The second-order valence-electron chi connectivity index (χ2n) is 6.23. The van der Waals surface area contributed by atoms with Gasteiger partial charge in [-0.2, -0.15) is 5.10 Å². The maximum atomic E-state index is 12.8. The third-order valence-corrected chi connectivity index (χ3v) is 4.34. The first kappa shape index (κ1) is 17.1. The number of nitrogens with one attached hydrogen (secondary N) is 2. The Hall–Kier alpha value is -2.73. The van der Waals surface area contributed by atoms with Gasteiger partial charge in [0.05, 0.1) is 22.3 Å². The summed E-state index contributed by atoms with van der Waals surface area (Å²) in [6.45, 7) is 4.48. The van der Waals surface area contributed by atoms with Crippen LogP contribution < -0.4 is 10.6 Å². The van der Waals surface area contributed by atoms with E-state index in [0.29, 0.717) is 17.8 Å². The maximum absolute atomic E-state index is 12.8. The Morgan fingerprint density at radius 2 is 2.00 bits per heavy atom. The van der Waals surface area contributed by atoms with Crippen molar-refractivity contribution in [3.8, 4) is 11.3 Å². The van der Waals surface area contributed by atoms with Crippen LogP contribution in [0, 0.1) is 6.92 Å². The predicted molar refractivity (Wildman–Crippen MR) is 99.5 cm³/mol. The Labute approximate surface area is 147 Å². The zero-order valence-corrected chi connectivity index (χ0v) is 15.0. The number of aromatic nitrogens is 3. The highest BCUT2D eigenvalue weighted by molar-refractivity contribution is 6.07. The first-order valence-corrected chi connectivity index (χ1v) is 8.36. The van der Waals surface area contributed by atoms with Crippen LogP contribution in [0.1, 0.15) is 23.0 Å². The Morgan fingerprint density at radius 1 is 1.28 bits per heavy atom. The Balaban J connectivity index is 2.10. The van der Waals surface area contributed by atoms with Gasteiger partial charge in [-0.15, -0.1) is 0 Å². The first-order chi connectivity index (χ1) is 12.0. The molecule has 1 amide bonds. The van der Waals surface area contributed by atoms with Crippen molar-refractivity contribution in [3.05, 3.63) is 47.7 Å². The highest BCUT2D eigenvalue weighted by Gasteiger charge is 2.19. The number of carbonyl (C=O) groups excluding carboxylic acids is 1. The van der Waals surface area contributed by atoms with Crippen molar-refractivity contribution in [1.82, 2.24) is 25.4 Å². The second kappa shape index (κ2) is 7.03. The Bertz CT molecular complexity index is 901. The standard InChI is InChI=1S/C19H23N5O/c1-12(20-3)11-21-19(25)15-10-16(14-8-6-5-7-9-14)22-18-17(15)13(2)23-24(18)4/h5-10,12,20H,11H2,1-4H3,(H,21,25). The van der Waals surface area contributed by atoms with Crippen LogP contribution in [-0.2, 0) is 7.05 Å². The minimum atomic E-state index is -0.109. The van der Waals surface area contributed by atoms with E-state index in [2.05, 4.69) is 15.7 Å². The van der Waals surface area contributed by atoms with Crippen molar-refractivity contribution in [2.24, 2.45) is 7.05 Å². The van der Waals surface area contributed by atoms with Crippen LogP contribution in [0.2, 0.25) is 0 Å². The van der Waals surface area contributed by atoms with Crippen LogP contribution in [0.5, 0.6) is 0 Å². The fourth-order valence-corrected chi connectivity index (χ4v) is 2.82. The average molecular weight is 337 g/mol. The molecule has 6 heteroatoms. The zero-order chi connectivity index (χ0) is 18.0. The number of nitrogens with zero attached hydrogens (tertiary/aromatic N) is 3. The molecule has 3 rings (SSSR count). The van der Waals surface area contributed by atoms with Crippen LogP contribution in [-0.4, -0.2) is 40.3 Å². The summed E-state index contributed by atoms with van der Waals surface area (Å²) in [5, 5.41) is 11.4. The van der Waals surface area contributed by atoms with E-state index in [1.807, 2.05) is 64.3 Å². The van der Waals surface area contributed by atoms with Gasteiger partial charge in [0.25, 0.3) is 5.91 Å². The fourth-order valence-electron chi connectivity index (χ4n) is 2.82. The lowest BCUT2D eigenvalue weighted by Crippen LogP contribution is -2.37. The highest BCUT2D eigenvalue weighted by Crippen LogP contribution is 2.26. The average Bonchev–Trinajstić information content (AvgIpc) is 2.93. The number of pyridine rings is 1. The molecule has 1 aromatic carbocycles. The molecule has 0 aliphatic carbocycles. The van der Waals surface area contributed by atoms with E-state index < -0.39 is 0 Å². The van der Waals surface area contributed by atoms with E-state index in [1.165, 1.54) is 0 Å². The third kappa shape index (κ3) is 3.39. The highest BCUT2D eigenvalue weighted by atomic mass is 16.1. The van der Waals surface area contributed by atoms with Crippen molar-refractivity contribution in [3.63, 3.8) is 0 Å². The summed E-state index contributed by atoms with van der Waals surface area (Å²) < 4.78 is 1.73. The van der Waals surface area contributed by atoms with Gasteiger partial charge >= 0.3 is 0 Å². The molecule has 6 nitrogen and oxygen atoms in total. The molecule has 0 bridgehead atoms. The van der Waals surface area contributed by atoms with Gasteiger partial charge in [0.2, 0.25) is 0 Å². The molecule has 3 aromatic rings. The molecule has 0 aliphatic rings. The molecule has 25 heavy (non-hydrogen) atoms. The van der Waals surface area contributed by atoms with Crippen molar-refractivity contribution in [2.45, 2.75) is 19.9 Å². The van der Waals surface area contributed by atoms with Crippen molar-refractivity contribution < 1.29 is 4.79 Å². The van der Waals surface area contributed by atoms with Crippen LogP contribution in [0.4, 0.5) is 0 Å². The smallest absolute Gasteiger partial charge is 0.252 e. The Morgan fingerprint density at radius 3 is 2.68 bits per heavy atom. The molecule has 1 unspecified atom stereocenters. The lowest BCUT2D eigenvalue weighted by atomic mass is 10.0. The number of hydrogen-bond donors (Lipinski definition) is 2. The molecule has 0 spiro atoms. The minimum Gasteiger partial charge on any atom is -0.350 e. The van der Waals surface area contributed by atoms with Gasteiger partial charge in [0, 0.05) is 25.2 Å². The molecule has 0 saturated carbocycles. The third-order valence-electron chi connectivity index (χ3n) is 4.34. The van der Waals surface area contributed by atoms with E-state index >= 15 is 0 Å². The number of amides is 1. The largest absolute Gasteiger partial charge is 0.350 e. The second-order valence-corrected chi connectivity index (χ2v) is 6.23. The molecule has 130 valence electrons. The molecule has 2 aromatic heterocycles. The van der Waals surface area contributed by atoms with E-state index in [1.54, 1.807) is 4.68 Å². The molecule has 0 saturated heterocycles. The summed E-state index contributed by atoms with van der Waals surface area (Å²) in [5.74, 6) is -0.109. The minimum absolute atomic E-state index is 0.109. The topological polar surface area (TPSA) is 71.8 Å². The van der Waals surface area contributed by atoms with Crippen LogP contribution >= 0.6 is 0 Å². The number of hydrogen-bond acceptors (Lipinski definition) is 4. The zero-order valence-electron chi connectivity index (χ0n) is 15.0. The summed E-state index contributed by atoms with van der Waals surface area (Å²) >= 11 is 0. The van der Waals surface area contributed by atoms with Crippen LogP contribution in [0.25, 0.3) is 22.3 Å². The number of likely N-dealkylation sites (N-methyl/N-ethyl adjacent to an activating group) is 1. The van der Waals surface area contributed by atoms with Crippen LogP contribution in [0.15, 0.2) is 36.4 Å². The molecule has 1 atom stereocenters. The monoisotopic (exact) mass is 337 g/mol. The molecule has 0 aliphatic heterocycles. The lowest BCUT2D eigenvalue weighted by Gasteiger charge is -2.13. The fraction of sp³-hybridized carbons (Fsp3) is 0.316. The molecule has 2 heterocycles. The van der Waals surface area contributed by atoms with Crippen molar-refractivity contribution >= 4 is 16.9 Å². The number of rotatable bonds is 5. The van der Waals surface area contributed by atoms with Crippen LogP contribution in [0.3, 0.4) is 0 Å². The Kier molecular flexibility index (Phi) is 4.81. The van der Waals surface area contributed by atoms with E-state index in [0.717, 1.165) is 22.3 Å². The maximum Gasteiger partial charge on any atom is 0.252 e. The quantitative estimate of drug-likeness (QED) is 0.749. The van der Waals surface area contributed by atoms with Gasteiger partial charge < -0.3 is 10.6 Å². The number of aryl methyl sites for hydroxylation is 2. The predicted octanol–water partition coefficient (Wildman–Crippen LogP) is 2.28. The normalized spacial score (nSPS) is 12.3. The summed E-state index contributed by atoms with van der Waals surface area (Å²) in [7, 11) is 3.72. The summed E-state index contributed by atoms with van der Waals surface area (Å²) in [4.78, 5) is 17.5. The number of fused-ring (bicyclic) bond motifs is 1. The molecular weight excluding hydrogens is 314 g/mol. The number of benzene rings is 1.